The monoisotopic (exact) mass is 336 g/mol. The third kappa shape index (κ3) is 4.75. The minimum Gasteiger partial charge on any atom is -0.374 e. The summed E-state index contributed by atoms with van der Waals surface area (Å²) in [5.74, 6) is -0.189. The summed E-state index contributed by atoms with van der Waals surface area (Å²) in [5.41, 5.74) is 0. The Morgan fingerprint density at radius 1 is 1.46 bits per heavy atom. The number of nitrogens with one attached hydrogen (secondary N) is 2. The van der Waals surface area contributed by atoms with Crippen LogP contribution in [0.25, 0.3) is 0 Å². The summed E-state index contributed by atoms with van der Waals surface area (Å²) < 4.78 is 7.45. The first-order chi connectivity index (χ1) is 11.7. The number of ether oxygens (including phenoxy) is 1. The standard InChI is InChI=1S/C15H24N6O3/c22-14(19-13-3-1-2-4-17-15(13)23)9-20-5-6-24-12(7-20)8-21-11-16-10-18-21/h10-13H,1-9H2,(H,17,23)(H,19,22)/t12-,13+/m0/s1. The summed E-state index contributed by atoms with van der Waals surface area (Å²) in [5, 5.41) is 9.76. The van der Waals surface area contributed by atoms with E-state index in [1.165, 1.54) is 6.33 Å². The van der Waals surface area contributed by atoms with Gasteiger partial charge in [0.2, 0.25) is 11.8 Å². The number of nitrogens with zero attached hydrogens (tertiary/aromatic N) is 4. The van der Waals surface area contributed by atoms with Crippen LogP contribution in [0.1, 0.15) is 19.3 Å². The molecule has 3 rings (SSSR count). The lowest BCUT2D eigenvalue weighted by atomic mass is 10.1. The van der Waals surface area contributed by atoms with Gasteiger partial charge in [0, 0.05) is 19.6 Å². The molecule has 1 aromatic heterocycles. The van der Waals surface area contributed by atoms with Gasteiger partial charge in [0.25, 0.3) is 0 Å². The summed E-state index contributed by atoms with van der Waals surface area (Å²) in [6.45, 7) is 3.53. The zero-order valence-corrected chi connectivity index (χ0v) is 13.7. The van der Waals surface area contributed by atoms with E-state index >= 15 is 0 Å². The van der Waals surface area contributed by atoms with Crippen molar-refractivity contribution in [3.8, 4) is 0 Å². The molecule has 0 bridgehead atoms. The lowest BCUT2D eigenvalue weighted by Crippen LogP contribution is -2.51. The van der Waals surface area contributed by atoms with Crippen LogP contribution >= 0.6 is 0 Å². The van der Waals surface area contributed by atoms with Crippen molar-refractivity contribution in [1.29, 1.82) is 0 Å². The fourth-order valence-electron chi connectivity index (χ4n) is 3.09. The molecule has 0 unspecified atom stereocenters. The van der Waals surface area contributed by atoms with E-state index in [1.807, 2.05) is 0 Å². The normalized spacial score (nSPS) is 25.8. The van der Waals surface area contributed by atoms with Crippen LogP contribution in [0.15, 0.2) is 12.7 Å². The average molecular weight is 336 g/mol. The van der Waals surface area contributed by atoms with Crippen molar-refractivity contribution < 1.29 is 14.3 Å². The Morgan fingerprint density at radius 2 is 2.38 bits per heavy atom. The first kappa shape index (κ1) is 16.8. The van der Waals surface area contributed by atoms with E-state index in [4.69, 9.17) is 4.74 Å². The molecule has 3 heterocycles. The molecule has 2 aliphatic rings. The second-order valence-corrected chi connectivity index (χ2v) is 6.25. The lowest BCUT2D eigenvalue weighted by Gasteiger charge is -2.32. The molecule has 0 spiro atoms. The molecular formula is C15H24N6O3. The van der Waals surface area contributed by atoms with Gasteiger partial charge in [-0.15, -0.1) is 0 Å². The van der Waals surface area contributed by atoms with Crippen molar-refractivity contribution in [2.45, 2.75) is 38.0 Å². The number of hydrogen-bond donors (Lipinski definition) is 2. The highest BCUT2D eigenvalue weighted by molar-refractivity contribution is 5.88. The number of carbonyl (C=O) groups excluding carboxylic acids is 2. The highest BCUT2D eigenvalue weighted by atomic mass is 16.5. The van der Waals surface area contributed by atoms with Crippen LogP contribution in [-0.4, -0.2) is 76.4 Å². The van der Waals surface area contributed by atoms with Crippen LogP contribution in [0, 0.1) is 0 Å². The van der Waals surface area contributed by atoms with Crippen LogP contribution in [0.4, 0.5) is 0 Å². The summed E-state index contributed by atoms with van der Waals surface area (Å²) in [7, 11) is 0. The molecule has 2 aliphatic heterocycles. The minimum absolute atomic E-state index is 0.0190. The highest BCUT2D eigenvalue weighted by Crippen LogP contribution is 2.08. The molecule has 132 valence electrons. The lowest BCUT2D eigenvalue weighted by molar-refractivity contribution is -0.130. The molecule has 2 atom stereocenters. The smallest absolute Gasteiger partial charge is 0.242 e. The third-order valence-corrected chi connectivity index (χ3v) is 4.32. The Morgan fingerprint density at radius 3 is 3.21 bits per heavy atom. The number of morpholine rings is 1. The van der Waals surface area contributed by atoms with E-state index in [-0.39, 0.29) is 24.5 Å². The molecule has 9 heteroatoms. The number of hydrogen-bond acceptors (Lipinski definition) is 6. The zero-order valence-electron chi connectivity index (χ0n) is 13.7. The van der Waals surface area contributed by atoms with Gasteiger partial charge in [-0.05, 0) is 19.3 Å². The van der Waals surface area contributed by atoms with E-state index in [1.54, 1.807) is 11.0 Å². The number of rotatable bonds is 5. The van der Waals surface area contributed by atoms with Crippen molar-refractivity contribution in [3.05, 3.63) is 12.7 Å². The van der Waals surface area contributed by atoms with Gasteiger partial charge in [-0.1, -0.05) is 0 Å². The summed E-state index contributed by atoms with van der Waals surface area (Å²) >= 11 is 0. The SMILES string of the molecule is O=C(CN1CCO[C@H](Cn2cncn2)C1)N[C@@H]1CCCCNC1=O. The van der Waals surface area contributed by atoms with Crippen molar-refractivity contribution in [3.63, 3.8) is 0 Å². The highest BCUT2D eigenvalue weighted by Gasteiger charge is 2.26. The molecule has 1 aromatic rings. The van der Waals surface area contributed by atoms with Crippen LogP contribution < -0.4 is 10.6 Å². The Bertz CT molecular complexity index is 549. The third-order valence-electron chi connectivity index (χ3n) is 4.32. The van der Waals surface area contributed by atoms with Gasteiger partial charge in [-0.25, -0.2) is 4.98 Å². The van der Waals surface area contributed by atoms with Crippen LogP contribution in [0.3, 0.4) is 0 Å². The van der Waals surface area contributed by atoms with Crippen LogP contribution in [0.5, 0.6) is 0 Å². The van der Waals surface area contributed by atoms with Gasteiger partial charge in [0.15, 0.2) is 0 Å². The van der Waals surface area contributed by atoms with E-state index in [0.29, 0.717) is 39.2 Å². The van der Waals surface area contributed by atoms with Crippen LogP contribution in [0.2, 0.25) is 0 Å². The summed E-state index contributed by atoms with van der Waals surface area (Å²) in [4.78, 5) is 30.1. The topological polar surface area (TPSA) is 101 Å². The first-order valence-corrected chi connectivity index (χ1v) is 8.44. The number of aromatic nitrogens is 3. The Balaban J connectivity index is 1.45. The average Bonchev–Trinajstić information content (AvgIpc) is 2.98. The molecule has 2 amide bonds. The maximum absolute atomic E-state index is 12.3. The molecule has 0 aliphatic carbocycles. The Labute approximate surface area is 140 Å². The van der Waals surface area contributed by atoms with Gasteiger partial charge in [0.05, 0.1) is 25.8 Å². The molecular weight excluding hydrogens is 312 g/mol. The summed E-state index contributed by atoms with van der Waals surface area (Å²) in [6.07, 6.45) is 5.74. The van der Waals surface area contributed by atoms with E-state index in [9.17, 15) is 9.59 Å². The molecule has 0 saturated carbocycles. The predicted octanol–water partition coefficient (Wildman–Crippen LogP) is -1.24. The molecule has 9 nitrogen and oxygen atoms in total. The molecule has 2 N–H and O–H groups in total. The van der Waals surface area contributed by atoms with Gasteiger partial charge in [0.1, 0.15) is 18.7 Å². The fourth-order valence-corrected chi connectivity index (χ4v) is 3.09. The van der Waals surface area contributed by atoms with Gasteiger partial charge < -0.3 is 15.4 Å². The number of carbonyl (C=O) groups is 2. The molecule has 0 radical (unpaired) electrons. The molecule has 24 heavy (non-hydrogen) atoms. The number of amides is 2. The first-order valence-electron chi connectivity index (χ1n) is 8.44. The van der Waals surface area contributed by atoms with Crippen LogP contribution in [-0.2, 0) is 20.9 Å². The van der Waals surface area contributed by atoms with Gasteiger partial charge in [-0.3, -0.25) is 19.2 Å². The summed E-state index contributed by atoms with van der Waals surface area (Å²) in [6, 6.07) is -0.410. The van der Waals surface area contributed by atoms with Crippen molar-refractivity contribution >= 4 is 11.8 Å². The second-order valence-electron chi connectivity index (χ2n) is 6.25. The Kier molecular flexibility index (Phi) is 5.76. The van der Waals surface area contributed by atoms with E-state index in [2.05, 4.69) is 25.6 Å². The molecule has 0 aromatic carbocycles. The van der Waals surface area contributed by atoms with E-state index in [0.717, 1.165) is 12.8 Å². The zero-order chi connectivity index (χ0) is 16.8. The largest absolute Gasteiger partial charge is 0.374 e. The van der Waals surface area contributed by atoms with Crippen molar-refractivity contribution in [2.24, 2.45) is 0 Å². The quantitative estimate of drug-likeness (QED) is 0.698. The fraction of sp³-hybridized carbons (Fsp3) is 0.733. The molecule has 2 fully saturated rings. The van der Waals surface area contributed by atoms with Crippen molar-refractivity contribution in [2.75, 3.05) is 32.8 Å². The van der Waals surface area contributed by atoms with E-state index < -0.39 is 6.04 Å². The van der Waals surface area contributed by atoms with Gasteiger partial charge >= 0.3 is 0 Å². The van der Waals surface area contributed by atoms with Gasteiger partial charge in [-0.2, -0.15) is 5.10 Å². The van der Waals surface area contributed by atoms with Crippen molar-refractivity contribution in [1.82, 2.24) is 30.3 Å². The second kappa shape index (κ2) is 8.20. The Hall–Kier alpha value is -2.00. The minimum atomic E-state index is -0.410. The maximum atomic E-state index is 12.3. The maximum Gasteiger partial charge on any atom is 0.242 e. The predicted molar refractivity (Wildman–Crippen MR) is 85.0 cm³/mol. The molecule has 2 saturated heterocycles.